The van der Waals surface area contributed by atoms with Gasteiger partial charge in [0.15, 0.2) is 0 Å². The maximum Gasteiger partial charge on any atom is 0.126 e. The van der Waals surface area contributed by atoms with E-state index in [1.165, 1.54) is 12.1 Å². The quantitative estimate of drug-likeness (QED) is 0.911. The van der Waals surface area contributed by atoms with Crippen LogP contribution in [0.3, 0.4) is 0 Å². The van der Waals surface area contributed by atoms with Crippen molar-refractivity contribution in [1.29, 1.82) is 0 Å². The lowest BCUT2D eigenvalue weighted by atomic mass is 10.1. The Hall–Kier alpha value is -2.07. The van der Waals surface area contributed by atoms with E-state index in [0.717, 1.165) is 16.7 Å². The van der Waals surface area contributed by atoms with Gasteiger partial charge in [0, 0.05) is 11.6 Å². The molecule has 0 saturated carbocycles. The van der Waals surface area contributed by atoms with Gasteiger partial charge in [-0.25, -0.2) is 4.39 Å². The molecule has 0 spiro atoms. The van der Waals surface area contributed by atoms with E-state index in [2.05, 4.69) is 0 Å². The van der Waals surface area contributed by atoms with Crippen molar-refractivity contribution in [2.45, 2.75) is 20.1 Å². The van der Waals surface area contributed by atoms with Crippen molar-refractivity contribution in [1.82, 2.24) is 0 Å². The third-order valence-electron chi connectivity index (χ3n) is 3.06. The van der Waals surface area contributed by atoms with Gasteiger partial charge in [-0.1, -0.05) is 12.1 Å². The highest BCUT2D eigenvalue weighted by molar-refractivity contribution is 5.38. The zero-order chi connectivity index (χ0) is 14.5. The summed E-state index contributed by atoms with van der Waals surface area (Å²) in [7, 11) is 1.57. The van der Waals surface area contributed by atoms with Gasteiger partial charge in [0.25, 0.3) is 0 Å². The highest BCUT2D eigenvalue weighted by Gasteiger charge is 2.07. The number of methoxy groups -OCH3 is 1. The molecule has 0 amide bonds. The molecule has 20 heavy (non-hydrogen) atoms. The summed E-state index contributed by atoms with van der Waals surface area (Å²) in [5, 5.41) is 9.16. The Morgan fingerprint density at radius 2 is 1.90 bits per heavy atom. The zero-order valence-electron chi connectivity index (χ0n) is 11.5. The average Bonchev–Trinajstić information content (AvgIpc) is 2.47. The maximum absolute atomic E-state index is 13.2. The summed E-state index contributed by atoms with van der Waals surface area (Å²) >= 11 is 0. The Labute approximate surface area is 117 Å². The summed E-state index contributed by atoms with van der Waals surface area (Å²) in [6, 6.07) is 9.81. The summed E-state index contributed by atoms with van der Waals surface area (Å²) in [6.45, 7) is 2.06. The second-order valence-corrected chi connectivity index (χ2v) is 4.50. The number of rotatable bonds is 5. The first-order valence-corrected chi connectivity index (χ1v) is 6.29. The van der Waals surface area contributed by atoms with Crippen LogP contribution in [0.5, 0.6) is 11.5 Å². The molecular weight excluding hydrogens is 259 g/mol. The lowest BCUT2D eigenvalue weighted by Gasteiger charge is -2.13. The number of hydrogen-bond donors (Lipinski definition) is 1. The number of aryl methyl sites for hydroxylation is 1. The van der Waals surface area contributed by atoms with E-state index in [4.69, 9.17) is 14.6 Å². The minimum Gasteiger partial charge on any atom is -0.496 e. The van der Waals surface area contributed by atoms with Gasteiger partial charge in [0.2, 0.25) is 0 Å². The molecule has 0 bridgehead atoms. The first-order valence-electron chi connectivity index (χ1n) is 6.29. The molecule has 0 aliphatic carbocycles. The van der Waals surface area contributed by atoms with E-state index in [-0.39, 0.29) is 19.0 Å². The smallest absolute Gasteiger partial charge is 0.126 e. The number of ether oxygens (including phenoxy) is 2. The lowest BCUT2D eigenvalue weighted by molar-refractivity contribution is 0.278. The molecule has 0 saturated heterocycles. The largest absolute Gasteiger partial charge is 0.496 e. The Kier molecular flexibility index (Phi) is 4.58. The topological polar surface area (TPSA) is 38.7 Å². The average molecular weight is 276 g/mol. The summed E-state index contributed by atoms with van der Waals surface area (Å²) < 4.78 is 24.1. The second-order valence-electron chi connectivity index (χ2n) is 4.50. The predicted octanol–water partition coefficient (Wildman–Crippen LogP) is 3.21. The Morgan fingerprint density at radius 3 is 2.60 bits per heavy atom. The molecule has 2 aromatic carbocycles. The fraction of sp³-hybridized carbons (Fsp3) is 0.250. The molecule has 0 aliphatic rings. The normalized spacial score (nSPS) is 10.4. The number of hydrogen-bond acceptors (Lipinski definition) is 3. The van der Waals surface area contributed by atoms with Crippen LogP contribution < -0.4 is 9.47 Å². The Balaban J connectivity index is 2.19. The van der Waals surface area contributed by atoms with Crippen LogP contribution in [0, 0.1) is 12.7 Å². The highest BCUT2D eigenvalue weighted by atomic mass is 19.1. The van der Waals surface area contributed by atoms with Crippen molar-refractivity contribution >= 4 is 0 Å². The minimum atomic E-state index is -0.332. The number of aliphatic hydroxyl groups is 1. The molecule has 3 nitrogen and oxygen atoms in total. The molecule has 0 unspecified atom stereocenters. The molecule has 2 aromatic rings. The number of aliphatic hydroxyl groups excluding tert-OH is 1. The number of benzene rings is 2. The van der Waals surface area contributed by atoms with E-state index < -0.39 is 0 Å². The van der Waals surface area contributed by atoms with Crippen LogP contribution in [0.1, 0.15) is 16.7 Å². The highest BCUT2D eigenvalue weighted by Crippen LogP contribution is 2.24. The molecule has 0 aromatic heterocycles. The Morgan fingerprint density at radius 1 is 1.10 bits per heavy atom. The fourth-order valence-electron chi connectivity index (χ4n) is 1.93. The molecule has 0 aliphatic heterocycles. The number of halogens is 1. The van der Waals surface area contributed by atoms with Crippen LogP contribution in [0.2, 0.25) is 0 Å². The maximum atomic E-state index is 13.2. The van der Waals surface area contributed by atoms with Gasteiger partial charge in [-0.2, -0.15) is 0 Å². The summed E-state index contributed by atoms with van der Waals surface area (Å²) in [5.41, 5.74) is 2.45. The third-order valence-corrected chi connectivity index (χ3v) is 3.06. The second kappa shape index (κ2) is 6.39. The SMILES string of the molecule is COc1ccc(CO)cc1COc1cc(F)ccc1C. The van der Waals surface area contributed by atoms with Crippen molar-refractivity contribution in [3.8, 4) is 11.5 Å². The molecule has 1 N–H and O–H groups in total. The van der Waals surface area contributed by atoms with E-state index in [1.807, 2.05) is 13.0 Å². The van der Waals surface area contributed by atoms with Crippen molar-refractivity contribution in [3.63, 3.8) is 0 Å². The summed E-state index contributed by atoms with van der Waals surface area (Å²) in [6.07, 6.45) is 0. The molecule has 106 valence electrons. The molecule has 2 rings (SSSR count). The fourth-order valence-corrected chi connectivity index (χ4v) is 1.93. The van der Waals surface area contributed by atoms with E-state index in [1.54, 1.807) is 25.3 Å². The van der Waals surface area contributed by atoms with Crippen molar-refractivity contribution in [2.75, 3.05) is 7.11 Å². The van der Waals surface area contributed by atoms with Gasteiger partial charge in [-0.05, 0) is 36.2 Å². The van der Waals surface area contributed by atoms with Gasteiger partial charge in [-0.3, -0.25) is 0 Å². The zero-order valence-corrected chi connectivity index (χ0v) is 11.5. The van der Waals surface area contributed by atoms with Crippen LogP contribution in [-0.2, 0) is 13.2 Å². The van der Waals surface area contributed by atoms with Crippen LogP contribution in [0.15, 0.2) is 36.4 Å². The van der Waals surface area contributed by atoms with Crippen molar-refractivity contribution < 1.29 is 19.0 Å². The van der Waals surface area contributed by atoms with E-state index >= 15 is 0 Å². The molecule has 0 heterocycles. The summed E-state index contributed by atoms with van der Waals surface area (Å²) in [4.78, 5) is 0. The molecule has 0 fully saturated rings. The summed E-state index contributed by atoms with van der Waals surface area (Å²) in [5.74, 6) is 0.847. The standard InChI is InChI=1S/C16H17FO3/c1-11-3-5-14(17)8-16(11)20-10-13-7-12(9-18)4-6-15(13)19-2/h3-8,18H,9-10H2,1-2H3. The van der Waals surface area contributed by atoms with Crippen LogP contribution in [-0.4, -0.2) is 12.2 Å². The van der Waals surface area contributed by atoms with Gasteiger partial charge in [0.05, 0.1) is 13.7 Å². The van der Waals surface area contributed by atoms with Gasteiger partial charge < -0.3 is 14.6 Å². The van der Waals surface area contributed by atoms with Crippen LogP contribution in [0.4, 0.5) is 4.39 Å². The van der Waals surface area contributed by atoms with Gasteiger partial charge >= 0.3 is 0 Å². The lowest BCUT2D eigenvalue weighted by Crippen LogP contribution is -2.01. The van der Waals surface area contributed by atoms with E-state index in [0.29, 0.717) is 11.5 Å². The molecule has 4 heteroatoms. The van der Waals surface area contributed by atoms with Crippen LogP contribution >= 0.6 is 0 Å². The monoisotopic (exact) mass is 276 g/mol. The minimum absolute atomic E-state index is 0.0456. The van der Waals surface area contributed by atoms with Gasteiger partial charge in [-0.15, -0.1) is 0 Å². The predicted molar refractivity (Wildman–Crippen MR) is 74.4 cm³/mol. The molecule has 0 atom stereocenters. The van der Waals surface area contributed by atoms with Gasteiger partial charge in [0.1, 0.15) is 23.9 Å². The van der Waals surface area contributed by atoms with E-state index in [9.17, 15) is 4.39 Å². The first kappa shape index (κ1) is 14.3. The first-order chi connectivity index (χ1) is 9.63. The van der Waals surface area contributed by atoms with Crippen molar-refractivity contribution in [3.05, 3.63) is 58.9 Å². The van der Waals surface area contributed by atoms with Crippen LogP contribution in [0.25, 0.3) is 0 Å². The molecular formula is C16H17FO3. The third kappa shape index (κ3) is 3.27. The Bertz CT molecular complexity index is 596. The molecule has 0 radical (unpaired) electrons. The van der Waals surface area contributed by atoms with Crippen molar-refractivity contribution in [2.24, 2.45) is 0 Å².